The second kappa shape index (κ2) is 4.69. The number of fused-ring (bicyclic) bond motifs is 1. The number of Topliss-reactive ketones (excluding diaryl/α,β-unsaturated/α-hetero) is 1. The van der Waals surface area contributed by atoms with E-state index in [2.05, 4.69) is 9.97 Å². The van der Waals surface area contributed by atoms with Crippen molar-refractivity contribution >= 4 is 16.8 Å². The number of imidazole rings is 1. The largest absolute Gasteiger partial charge is 0.338 e. The van der Waals surface area contributed by atoms with Gasteiger partial charge in [-0.05, 0) is 18.2 Å². The molecule has 94 valence electrons. The Bertz CT molecular complexity index is 729. The molecule has 2 aromatic carbocycles. The maximum atomic E-state index is 11.7. The van der Waals surface area contributed by atoms with Gasteiger partial charge in [0, 0.05) is 17.5 Å². The van der Waals surface area contributed by atoms with Crippen molar-refractivity contribution in [2.75, 3.05) is 0 Å². The van der Waals surface area contributed by atoms with Crippen LogP contribution in [-0.2, 0) is 0 Å². The highest BCUT2D eigenvalue weighted by atomic mass is 16.1. The Morgan fingerprint density at radius 1 is 1.16 bits per heavy atom. The van der Waals surface area contributed by atoms with E-state index in [-0.39, 0.29) is 5.78 Å². The van der Waals surface area contributed by atoms with E-state index in [1.807, 2.05) is 55.5 Å². The smallest absolute Gasteiger partial charge is 0.162 e. The van der Waals surface area contributed by atoms with Crippen LogP contribution in [0.2, 0.25) is 0 Å². The third-order valence-electron chi connectivity index (χ3n) is 3.17. The van der Waals surface area contributed by atoms with Gasteiger partial charge in [0.25, 0.3) is 0 Å². The number of ketones is 1. The van der Waals surface area contributed by atoms with Crippen LogP contribution in [0.3, 0.4) is 0 Å². The third-order valence-corrected chi connectivity index (χ3v) is 3.17. The molecule has 3 nitrogen and oxygen atoms in total. The quantitative estimate of drug-likeness (QED) is 0.718. The lowest BCUT2D eigenvalue weighted by atomic mass is 10.1. The number of aromatic amines is 1. The highest BCUT2D eigenvalue weighted by Crippen LogP contribution is 2.21. The van der Waals surface area contributed by atoms with Gasteiger partial charge in [-0.3, -0.25) is 4.79 Å². The van der Waals surface area contributed by atoms with E-state index >= 15 is 0 Å². The first kappa shape index (κ1) is 11.7. The molecule has 0 aliphatic rings. The molecule has 1 N–H and O–H groups in total. The lowest BCUT2D eigenvalue weighted by molar-refractivity contribution is 0.0988. The zero-order chi connectivity index (χ0) is 13.2. The topological polar surface area (TPSA) is 45.8 Å². The van der Waals surface area contributed by atoms with Crippen LogP contribution < -0.4 is 0 Å². The molecular formula is C16H14N2O. The summed E-state index contributed by atoms with van der Waals surface area (Å²) >= 11 is 0. The third kappa shape index (κ3) is 2.15. The number of carbonyl (C=O) groups is 1. The fourth-order valence-corrected chi connectivity index (χ4v) is 2.12. The van der Waals surface area contributed by atoms with Gasteiger partial charge in [0.15, 0.2) is 5.78 Å². The highest BCUT2D eigenvalue weighted by molar-refractivity contribution is 5.99. The van der Waals surface area contributed by atoms with Crippen LogP contribution in [0.4, 0.5) is 0 Å². The second-order valence-electron chi connectivity index (χ2n) is 4.46. The summed E-state index contributed by atoms with van der Waals surface area (Å²) in [5.41, 5.74) is 3.56. The minimum Gasteiger partial charge on any atom is -0.338 e. The fraction of sp³-hybridized carbons (Fsp3) is 0.125. The normalized spacial score (nSPS) is 10.8. The minimum atomic E-state index is 0.151. The average Bonchev–Trinajstić information content (AvgIpc) is 2.90. The molecule has 0 amide bonds. The molecule has 0 saturated heterocycles. The summed E-state index contributed by atoms with van der Waals surface area (Å²) < 4.78 is 0. The van der Waals surface area contributed by atoms with E-state index in [0.29, 0.717) is 6.42 Å². The molecular weight excluding hydrogens is 236 g/mol. The number of aromatic nitrogens is 2. The number of benzene rings is 2. The Morgan fingerprint density at radius 2 is 1.95 bits per heavy atom. The Morgan fingerprint density at radius 3 is 2.68 bits per heavy atom. The Balaban J connectivity index is 2.09. The van der Waals surface area contributed by atoms with Crippen molar-refractivity contribution in [2.45, 2.75) is 13.3 Å². The van der Waals surface area contributed by atoms with Gasteiger partial charge in [-0.1, -0.05) is 37.3 Å². The van der Waals surface area contributed by atoms with Crippen molar-refractivity contribution in [3.05, 3.63) is 54.1 Å². The van der Waals surface area contributed by atoms with E-state index in [4.69, 9.17) is 0 Å². The maximum absolute atomic E-state index is 11.7. The van der Waals surface area contributed by atoms with Crippen molar-refractivity contribution in [1.82, 2.24) is 9.97 Å². The number of rotatable bonds is 3. The van der Waals surface area contributed by atoms with E-state index in [0.717, 1.165) is 28.0 Å². The summed E-state index contributed by atoms with van der Waals surface area (Å²) in [7, 11) is 0. The van der Waals surface area contributed by atoms with Gasteiger partial charge in [0.1, 0.15) is 5.82 Å². The predicted octanol–water partition coefficient (Wildman–Crippen LogP) is 3.82. The van der Waals surface area contributed by atoms with Gasteiger partial charge in [0.05, 0.1) is 11.0 Å². The molecule has 0 aliphatic heterocycles. The molecule has 0 bridgehead atoms. The molecule has 19 heavy (non-hydrogen) atoms. The standard InChI is InChI=1S/C16H14N2O/c1-2-15(19)12-8-9-13-14(10-12)18-16(17-13)11-6-4-3-5-7-11/h3-10H,2H2,1H3,(H,17,18). The molecule has 3 aromatic rings. The number of hydrogen-bond donors (Lipinski definition) is 1. The molecule has 1 aromatic heterocycles. The van der Waals surface area contributed by atoms with Crippen molar-refractivity contribution in [3.8, 4) is 11.4 Å². The van der Waals surface area contributed by atoms with E-state index in [1.165, 1.54) is 0 Å². The summed E-state index contributed by atoms with van der Waals surface area (Å²) in [6.45, 7) is 1.87. The number of nitrogens with one attached hydrogen (secondary N) is 1. The van der Waals surface area contributed by atoms with Crippen molar-refractivity contribution in [2.24, 2.45) is 0 Å². The summed E-state index contributed by atoms with van der Waals surface area (Å²) in [6, 6.07) is 15.6. The minimum absolute atomic E-state index is 0.151. The summed E-state index contributed by atoms with van der Waals surface area (Å²) in [6.07, 6.45) is 0.519. The zero-order valence-electron chi connectivity index (χ0n) is 10.7. The Hall–Kier alpha value is -2.42. The number of carbonyl (C=O) groups excluding carboxylic acids is 1. The summed E-state index contributed by atoms with van der Waals surface area (Å²) in [5.74, 6) is 0.981. The predicted molar refractivity (Wildman–Crippen MR) is 76.2 cm³/mol. The second-order valence-corrected chi connectivity index (χ2v) is 4.46. The van der Waals surface area contributed by atoms with Crippen LogP contribution in [0.25, 0.3) is 22.4 Å². The Labute approximate surface area is 111 Å². The van der Waals surface area contributed by atoms with E-state index < -0.39 is 0 Å². The van der Waals surface area contributed by atoms with Gasteiger partial charge in [-0.25, -0.2) is 4.98 Å². The van der Waals surface area contributed by atoms with E-state index in [1.54, 1.807) is 0 Å². The highest BCUT2D eigenvalue weighted by Gasteiger charge is 2.08. The molecule has 0 unspecified atom stereocenters. The van der Waals surface area contributed by atoms with E-state index in [9.17, 15) is 4.79 Å². The zero-order valence-corrected chi connectivity index (χ0v) is 10.7. The summed E-state index contributed by atoms with van der Waals surface area (Å²) in [5, 5.41) is 0. The van der Waals surface area contributed by atoms with Crippen molar-refractivity contribution in [3.63, 3.8) is 0 Å². The first-order chi connectivity index (χ1) is 9.28. The van der Waals surface area contributed by atoms with Gasteiger partial charge in [-0.15, -0.1) is 0 Å². The molecule has 0 atom stereocenters. The van der Waals surface area contributed by atoms with Crippen LogP contribution in [0, 0.1) is 0 Å². The van der Waals surface area contributed by atoms with Gasteiger partial charge >= 0.3 is 0 Å². The van der Waals surface area contributed by atoms with Gasteiger partial charge < -0.3 is 4.98 Å². The SMILES string of the molecule is CCC(=O)c1ccc2nc(-c3ccccc3)[nH]c2c1. The molecule has 3 rings (SSSR count). The number of nitrogens with zero attached hydrogens (tertiary/aromatic N) is 1. The van der Waals surface area contributed by atoms with Crippen LogP contribution in [-0.4, -0.2) is 15.8 Å². The molecule has 0 radical (unpaired) electrons. The lowest BCUT2D eigenvalue weighted by Gasteiger charge is -1.96. The number of hydrogen-bond acceptors (Lipinski definition) is 2. The molecule has 0 saturated carbocycles. The average molecular weight is 250 g/mol. The molecule has 0 fully saturated rings. The van der Waals surface area contributed by atoms with Crippen LogP contribution in [0.5, 0.6) is 0 Å². The van der Waals surface area contributed by atoms with Crippen LogP contribution in [0.15, 0.2) is 48.5 Å². The number of H-pyrrole nitrogens is 1. The van der Waals surface area contributed by atoms with Gasteiger partial charge in [-0.2, -0.15) is 0 Å². The van der Waals surface area contributed by atoms with Gasteiger partial charge in [0.2, 0.25) is 0 Å². The first-order valence-electron chi connectivity index (χ1n) is 6.36. The van der Waals surface area contributed by atoms with Crippen LogP contribution >= 0.6 is 0 Å². The first-order valence-corrected chi connectivity index (χ1v) is 6.36. The van der Waals surface area contributed by atoms with Crippen molar-refractivity contribution < 1.29 is 4.79 Å². The molecule has 3 heteroatoms. The maximum Gasteiger partial charge on any atom is 0.162 e. The monoisotopic (exact) mass is 250 g/mol. The summed E-state index contributed by atoms with van der Waals surface area (Å²) in [4.78, 5) is 19.5. The van der Waals surface area contributed by atoms with Crippen molar-refractivity contribution in [1.29, 1.82) is 0 Å². The fourth-order valence-electron chi connectivity index (χ4n) is 2.12. The molecule has 1 heterocycles. The lowest BCUT2D eigenvalue weighted by Crippen LogP contribution is -1.95. The Kier molecular flexibility index (Phi) is 2.88. The molecule has 0 aliphatic carbocycles. The molecule has 0 spiro atoms. The van der Waals surface area contributed by atoms with Crippen LogP contribution in [0.1, 0.15) is 23.7 Å².